The van der Waals surface area contributed by atoms with Crippen molar-refractivity contribution in [3.8, 4) is 0 Å². The number of benzene rings is 1. The van der Waals surface area contributed by atoms with E-state index < -0.39 is 0 Å². The predicted octanol–water partition coefficient (Wildman–Crippen LogP) is 4.61. The molecule has 2 aromatic rings. The van der Waals surface area contributed by atoms with Crippen LogP contribution in [0.15, 0.2) is 38.1 Å². The Morgan fingerprint density at radius 3 is 2.65 bits per heavy atom. The summed E-state index contributed by atoms with van der Waals surface area (Å²) in [6.07, 6.45) is 2.15. The Labute approximate surface area is 181 Å². The number of guanidine groups is 1. The van der Waals surface area contributed by atoms with Crippen LogP contribution in [-0.4, -0.2) is 24.5 Å². The molecule has 0 radical (unpaired) electrons. The van der Waals surface area contributed by atoms with Gasteiger partial charge in [0.25, 0.3) is 0 Å². The minimum atomic E-state index is 0. The largest absolute Gasteiger partial charge is 0.444 e. The van der Waals surface area contributed by atoms with Gasteiger partial charge in [-0.15, -0.1) is 24.0 Å². The van der Waals surface area contributed by atoms with Gasteiger partial charge in [0.05, 0.1) is 12.2 Å². The Hall–Kier alpha value is -1.09. The van der Waals surface area contributed by atoms with Crippen molar-refractivity contribution in [2.45, 2.75) is 40.2 Å². The molecule has 1 atom stereocenters. The van der Waals surface area contributed by atoms with E-state index in [4.69, 9.17) is 4.42 Å². The lowest BCUT2D eigenvalue weighted by Crippen LogP contribution is -2.39. The van der Waals surface area contributed by atoms with Crippen LogP contribution >= 0.6 is 39.9 Å². The van der Waals surface area contributed by atoms with Gasteiger partial charge in [-0.2, -0.15) is 0 Å². The Bertz CT molecular complexity index is 698. The first kappa shape index (κ1) is 23.0. The van der Waals surface area contributed by atoms with Gasteiger partial charge in [0.2, 0.25) is 5.89 Å². The van der Waals surface area contributed by atoms with Gasteiger partial charge in [0, 0.05) is 18.1 Å². The molecule has 1 aromatic carbocycles. The number of hydrogen-bond donors (Lipinski definition) is 2. The fourth-order valence-corrected chi connectivity index (χ4v) is 3.04. The third-order valence-corrected chi connectivity index (χ3v) is 4.75. The molecule has 1 heterocycles. The highest BCUT2D eigenvalue weighted by molar-refractivity contribution is 14.0. The fourth-order valence-electron chi connectivity index (χ4n) is 2.59. The van der Waals surface area contributed by atoms with E-state index in [2.05, 4.69) is 67.7 Å². The maximum Gasteiger partial charge on any atom is 0.214 e. The molecule has 2 rings (SSSR count). The lowest BCUT2D eigenvalue weighted by Gasteiger charge is -2.18. The zero-order valence-corrected chi connectivity index (χ0v) is 19.7. The first-order valence-electron chi connectivity index (χ1n) is 8.63. The lowest BCUT2D eigenvalue weighted by atomic mass is 9.97. The highest BCUT2D eigenvalue weighted by Gasteiger charge is 2.10. The molecular formula is C19H28BrIN4O. The zero-order chi connectivity index (χ0) is 18.2. The molecule has 0 aliphatic carbocycles. The molecule has 0 aliphatic rings. The SMILES string of the molecule is CCC(CNC(=NC)NCc1nc(C)c(C)o1)Cc1cccc(Br)c1.I. The quantitative estimate of drug-likeness (QED) is 0.309. The topological polar surface area (TPSA) is 62.5 Å². The van der Waals surface area contributed by atoms with Crippen LogP contribution in [0.5, 0.6) is 0 Å². The molecule has 2 N–H and O–H groups in total. The molecule has 0 amide bonds. The molecule has 0 aliphatic heterocycles. The summed E-state index contributed by atoms with van der Waals surface area (Å²) >= 11 is 3.54. The van der Waals surface area contributed by atoms with Crippen LogP contribution in [0.2, 0.25) is 0 Å². The van der Waals surface area contributed by atoms with Crippen molar-refractivity contribution in [2.24, 2.45) is 10.9 Å². The van der Waals surface area contributed by atoms with Crippen molar-refractivity contribution in [3.63, 3.8) is 0 Å². The van der Waals surface area contributed by atoms with Crippen molar-refractivity contribution in [2.75, 3.05) is 13.6 Å². The monoisotopic (exact) mass is 534 g/mol. The number of aromatic nitrogens is 1. The molecule has 144 valence electrons. The van der Waals surface area contributed by atoms with Gasteiger partial charge in [0.15, 0.2) is 5.96 Å². The number of nitrogens with one attached hydrogen (secondary N) is 2. The summed E-state index contributed by atoms with van der Waals surface area (Å²) in [6.45, 7) is 7.48. The average molecular weight is 535 g/mol. The highest BCUT2D eigenvalue weighted by atomic mass is 127. The van der Waals surface area contributed by atoms with E-state index >= 15 is 0 Å². The van der Waals surface area contributed by atoms with Gasteiger partial charge in [0.1, 0.15) is 5.76 Å². The van der Waals surface area contributed by atoms with Crippen LogP contribution < -0.4 is 10.6 Å². The summed E-state index contributed by atoms with van der Waals surface area (Å²) in [7, 11) is 1.77. The third kappa shape index (κ3) is 7.26. The molecule has 5 nitrogen and oxygen atoms in total. The number of halogens is 2. The molecule has 0 saturated carbocycles. The van der Waals surface area contributed by atoms with Gasteiger partial charge in [-0.3, -0.25) is 4.99 Å². The molecule has 0 spiro atoms. The number of rotatable bonds is 7. The van der Waals surface area contributed by atoms with Crippen molar-refractivity contribution >= 4 is 45.9 Å². The van der Waals surface area contributed by atoms with E-state index in [9.17, 15) is 0 Å². The van der Waals surface area contributed by atoms with Crippen LogP contribution in [0.4, 0.5) is 0 Å². The summed E-state index contributed by atoms with van der Waals surface area (Å²) in [5.41, 5.74) is 2.27. The van der Waals surface area contributed by atoms with Crippen molar-refractivity contribution in [1.82, 2.24) is 15.6 Å². The van der Waals surface area contributed by atoms with Crippen LogP contribution in [0.25, 0.3) is 0 Å². The summed E-state index contributed by atoms with van der Waals surface area (Å²) in [5, 5.41) is 6.66. The van der Waals surface area contributed by atoms with Crippen LogP contribution in [0.3, 0.4) is 0 Å². The fraction of sp³-hybridized carbons (Fsp3) is 0.474. The Balaban J connectivity index is 0.00000338. The predicted molar refractivity (Wildman–Crippen MR) is 121 cm³/mol. The molecular weight excluding hydrogens is 507 g/mol. The van der Waals surface area contributed by atoms with E-state index in [1.54, 1.807) is 7.05 Å². The third-order valence-electron chi connectivity index (χ3n) is 4.25. The summed E-state index contributed by atoms with van der Waals surface area (Å²) < 4.78 is 6.71. The van der Waals surface area contributed by atoms with Crippen molar-refractivity contribution in [3.05, 3.63) is 51.6 Å². The Kier molecular flexibility index (Phi) is 10.2. The van der Waals surface area contributed by atoms with Crippen molar-refractivity contribution in [1.29, 1.82) is 0 Å². The number of aryl methyl sites for hydroxylation is 2. The Morgan fingerprint density at radius 1 is 1.31 bits per heavy atom. The number of nitrogens with zero attached hydrogens (tertiary/aromatic N) is 2. The number of oxazole rings is 1. The summed E-state index contributed by atoms with van der Waals surface area (Å²) in [5.74, 6) is 2.85. The first-order valence-corrected chi connectivity index (χ1v) is 9.43. The first-order chi connectivity index (χ1) is 12.0. The van der Waals surface area contributed by atoms with Crippen molar-refractivity contribution < 1.29 is 4.42 Å². The van der Waals surface area contributed by atoms with Gasteiger partial charge in [-0.05, 0) is 43.9 Å². The van der Waals surface area contributed by atoms with E-state index in [1.807, 2.05) is 13.8 Å². The van der Waals surface area contributed by atoms with E-state index in [0.717, 1.165) is 41.3 Å². The zero-order valence-electron chi connectivity index (χ0n) is 15.8. The standard InChI is InChI=1S/C19H27BrN4O.HI/c1-5-15(9-16-7-6-8-17(20)10-16)11-22-19(21-4)23-12-18-24-13(2)14(3)25-18;/h6-8,10,15H,5,9,11-12H2,1-4H3,(H2,21,22,23);1H. The van der Waals surface area contributed by atoms with Gasteiger partial charge in [-0.25, -0.2) is 4.98 Å². The smallest absolute Gasteiger partial charge is 0.214 e. The van der Waals surface area contributed by atoms with Gasteiger partial charge < -0.3 is 15.1 Å². The van der Waals surface area contributed by atoms with E-state index in [-0.39, 0.29) is 24.0 Å². The summed E-state index contributed by atoms with van der Waals surface area (Å²) in [4.78, 5) is 8.65. The average Bonchev–Trinajstić information content (AvgIpc) is 2.92. The molecule has 0 bridgehead atoms. The maximum absolute atomic E-state index is 5.59. The van der Waals surface area contributed by atoms with Crippen LogP contribution in [0, 0.1) is 19.8 Å². The Morgan fingerprint density at radius 2 is 2.08 bits per heavy atom. The van der Waals surface area contributed by atoms with Crippen LogP contribution in [-0.2, 0) is 13.0 Å². The van der Waals surface area contributed by atoms with E-state index in [1.165, 1.54) is 5.56 Å². The van der Waals surface area contributed by atoms with Gasteiger partial charge >= 0.3 is 0 Å². The highest BCUT2D eigenvalue weighted by Crippen LogP contribution is 2.16. The lowest BCUT2D eigenvalue weighted by molar-refractivity contribution is 0.460. The number of aliphatic imine (C=N–C) groups is 1. The minimum absolute atomic E-state index is 0. The number of hydrogen-bond acceptors (Lipinski definition) is 3. The minimum Gasteiger partial charge on any atom is -0.444 e. The summed E-state index contributed by atoms with van der Waals surface area (Å²) in [6, 6.07) is 8.50. The molecule has 0 fully saturated rings. The van der Waals surface area contributed by atoms with Gasteiger partial charge in [-0.1, -0.05) is 41.4 Å². The molecule has 26 heavy (non-hydrogen) atoms. The second-order valence-electron chi connectivity index (χ2n) is 6.16. The maximum atomic E-state index is 5.59. The second-order valence-corrected chi connectivity index (χ2v) is 7.08. The molecule has 1 aromatic heterocycles. The molecule has 1 unspecified atom stereocenters. The van der Waals surface area contributed by atoms with Crippen LogP contribution in [0.1, 0.15) is 36.3 Å². The van der Waals surface area contributed by atoms with E-state index in [0.29, 0.717) is 18.4 Å². The molecule has 7 heteroatoms. The second kappa shape index (κ2) is 11.6. The normalized spacial score (nSPS) is 12.4. The molecule has 0 saturated heterocycles.